The zero-order chi connectivity index (χ0) is 27.1. The molecular formula is C26H26F3N3O5. The highest BCUT2D eigenvalue weighted by atomic mass is 19.4. The van der Waals surface area contributed by atoms with Gasteiger partial charge in [0.1, 0.15) is 6.04 Å². The van der Waals surface area contributed by atoms with Crippen LogP contribution in [-0.2, 0) is 20.6 Å². The van der Waals surface area contributed by atoms with Gasteiger partial charge in [-0.05, 0) is 47.2 Å². The molecule has 11 heteroatoms. The summed E-state index contributed by atoms with van der Waals surface area (Å²) in [5.41, 5.74) is -0.533. The summed E-state index contributed by atoms with van der Waals surface area (Å²) >= 11 is 0. The molecule has 2 aromatic rings. The average Bonchev–Trinajstić information content (AvgIpc) is 3.17. The number of nitrogens with zero attached hydrogens (tertiary/aromatic N) is 1. The summed E-state index contributed by atoms with van der Waals surface area (Å²) < 4.78 is 39.5. The number of amides is 3. The lowest BCUT2D eigenvalue weighted by atomic mass is 9.85. The molecule has 0 spiro atoms. The molecule has 2 aliphatic rings. The molecule has 3 amide bonds. The number of aliphatic carboxylic acids is 1. The molecule has 2 aromatic carbocycles. The van der Waals surface area contributed by atoms with Crippen molar-refractivity contribution in [1.82, 2.24) is 10.2 Å². The van der Waals surface area contributed by atoms with Crippen molar-refractivity contribution in [3.63, 3.8) is 0 Å². The molecule has 1 saturated heterocycles. The Balaban J connectivity index is 1.54. The zero-order valence-electron chi connectivity index (χ0n) is 20.2. The predicted molar refractivity (Wildman–Crippen MR) is 128 cm³/mol. The summed E-state index contributed by atoms with van der Waals surface area (Å²) in [6.45, 7) is 3.40. The number of alkyl halides is 3. The Labute approximate surface area is 210 Å². The Morgan fingerprint density at radius 1 is 1.08 bits per heavy atom. The first-order valence-electron chi connectivity index (χ1n) is 11.7. The lowest BCUT2D eigenvalue weighted by Gasteiger charge is -2.23. The molecule has 37 heavy (non-hydrogen) atoms. The number of carboxylic acid groups (broad SMARTS) is 1. The Hall–Kier alpha value is -3.89. The van der Waals surface area contributed by atoms with E-state index in [1.165, 1.54) is 29.2 Å². The molecule has 2 aliphatic heterocycles. The van der Waals surface area contributed by atoms with E-state index in [1.807, 2.05) is 0 Å². The van der Waals surface area contributed by atoms with E-state index in [4.69, 9.17) is 5.11 Å². The fraction of sp³-hybridized carbons (Fsp3) is 0.385. The summed E-state index contributed by atoms with van der Waals surface area (Å²) in [5, 5.41) is 14.5. The Bertz CT molecular complexity index is 1270. The molecule has 1 fully saturated rings. The van der Waals surface area contributed by atoms with E-state index in [1.54, 1.807) is 19.9 Å². The van der Waals surface area contributed by atoms with Gasteiger partial charge in [-0.1, -0.05) is 32.0 Å². The number of rotatable bonds is 6. The van der Waals surface area contributed by atoms with Crippen LogP contribution in [0.4, 0.5) is 18.9 Å². The molecule has 4 rings (SSSR count). The molecule has 0 saturated carbocycles. The summed E-state index contributed by atoms with van der Waals surface area (Å²) in [6, 6.07) is 7.89. The summed E-state index contributed by atoms with van der Waals surface area (Å²) in [5.74, 6) is -2.30. The van der Waals surface area contributed by atoms with Crippen molar-refractivity contribution >= 4 is 29.4 Å². The van der Waals surface area contributed by atoms with Crippen LogP contribution in [0.1, 0.15) is 49.0 Å². The van der Waals surface area contributed by atoms with E-state index in [0.29, 0.717) is 5.56 Å². The van der Waals surface area contributed by atoms with Gasteiger partial charge >= 0.3 is 12.1 Å². The Morgan fingerprint density at radius 3 is 2.46 bits per heavy atom. The lowest BCUT2D eigenvalue weighted by Crippen LogP contribution is -2.41. The first-order chi connectivity index (χ1) is 17.2. The van der Waals surface area contributed by atoms with E-state index in [2.05, 4.69) is 10.6 Å². The molecule has 0 bridgehead atoms. The number of halogens is 3. The number of nitrogens with one attached hydrogen (secondary N) is 2. The predicted octanol–water partition coefficient (Wildman–Crippen LogP) is 3.91. The summed E-state index contributed by atoms with van der Waals surface area (Å²) in [6.07, 6.45) is -4.57. The number of carboxylic acids is 1. The normalized spacial score (nSPS) is 19.5. The van der Waals surface area contributed by atoms with Gasteiger partial charge in [0, 0.05) is 19.0 Å². The quantitative estimate of drug-likeness (QED) is 0.537. The van der Waals surface area contributed by atoms with Gasteiger partial charge in [0.2, 0.25) is 11.8 Å². The molecule has 0 aliphatic carbocycles. The molecule has 3 N–H and O–H groups in total. The van der Waals surface area contributed by atoms with Crippen LogP contribution in [0.2, 0.25) is 0 Å². The van der Waals surface area contributed by atoms with E-state index < -0.39 is 47.0 Å². The smallest absolute Gasteiger partial charge is 0.416 e. The third-order valence-electron chi connectivity index (χ3n) is 6.53. The van der Waals surface area contributed by atoms with E-state index in [0.717, 1.165) is 12.1 Å². The van der Waals surface area contributed by atoms with Gasteiger partial charge in [0.15, 0.2) is 0 Å². The minimum absolute atomic E-state index is 0.0379. The fourth-order valence-electron chi connectivity index (χ4n) is 4.85. The van der Waals surface area contributed by atoms with Crippen LogP contribution in [0.25, 0.3) is 11.1 Å². The largest absolute Gasteiger partial charge is 0.481 e. The number of carbonyl (C=O) groups excluding carboxylic acids is 3. The molecule has 8 nitrogen and oxygen atoms in total. The van der Waals surface area contributed by atoms with Crippen molar-refractivity contribution in [3.8, 4) is 11.1 Å². The van der Waals surface area contributed by atoms with Crippen LogP contribution in [0.15, 0.2) is 42.5 Å². The maximum atomic E-state index is 13.4. The number of hydrogen-bond acceptors (Lipinski definition) is 4. The van der Waals surface area contributed by atoms with Crippen LogP contribution in [0.3, 0.4) is 0 Å². The first-order valence-corrected chi connectivity index (χ1v) is 11.7. The van der Waals surface area contributed by atoms with E-state index in [9.17, 15) is 32.3 Å². The second-order valence-corrected chi connectivity index (χ2v) is 10.2. The van der Waals surface area contributed by atoms with Crippen molar-refractivity contribution < 1.29 is 37.5 Å². The van der Waals surface area contributed by atoms with Crippen molar-refractivity contribution in [2.24, 2.45) is 5.41 Å². The highest BCUT2D eigenvalue weighted by molar-refractivity contribution is 6.11. The molecule has 0 radical (unpaired) electrons. The number of hydrogen-bond donors (Lipinski definition) is 3. The van der Waals surface area contributed by atoms with Crippen LogP contribution < -0.4 is 10.6 Å². The van der Waals surface area contributed by atoms with Crippen molar-refractivity contribution in [2.75, 3.05) is 11.9 Å². The maximum absolute atomic E-state index is 13.4. The topological polar surface area (TPSA) is 116 Å². The van der Waals surface area contributed by atoms with Gasteiger partial charge in [-0.25, -0.2) is 0 Å². The summed E-state index contributed by atoms with van der Waals surface area (Å²) in [4.78, 5) is 51.2. The Morgan fingerprint density at radius 2 is 1.78 bits per heavy atom. The second-order valence-electron chi connectivity index (χ2n) is 10.2. The van der Waals surface area contributed by atoms with Crippen LogP contribution >= 0.6 is 0 Å². The van der Waals surface area contributed by atoms with Gasteiger partial charge in [-0.3, -0.25) is 19.2 Å². The van der Waals surface area contributed by atoms with E-state index >= 15 is 0 Å². The van der Waals surface area contributed by atoms with Crippen LogP contribution in [-0.4, -0.2) is 52.3 Å². The van der Waals surface area contributed by atoms with Gasteiger partial charge < -0.3 is 20.6 Å². The molecule has 0 aromatic heterocycles. The van der Waals surface area contributed by atoms with Gasteiger partial charge in [0.05, 0.1) is 23.2 Å². The molecule has 0 unspecified atom stereocenters. The van der Waals surface area contributed by atoms with E-state index in [-0.39, 0.29) is 48.5 Å². The molecule has 196 valence electrons. The highest BCUT2D eigenvalue weighted by Crippen LogP contribution is 2.35. The molecule has 2 heterocycles. The average molecular weight is 518 g/mol. The first kappa shape index (κ1) is 26.2. The highest BCUT2D eigenvalue weighted by Gasteiger charge is 2.43. The number of benzene rings is 2. The monoisotopic (exact) mass is 517 g/mol. The fourth-order valence-corrected chi connectivity index (χ4v) is 4.85. The number of fused-ring (bicyclic) bond motifs is 2. The minimum Gasteiger partial charge on any atom is -0.481 e. The van der Waals surface area contributed by atoms with Gasteiger partial charge in [-0.2, -0.15) is 13.2 Å². The maximum Gasteiger partial charge on any atom is 0.416 e. The van der Waals surface area contributed by atoms with Crippen molar-refractivity contribution in [2.45, 2.75) is 51.4 Å². The summed E-state index contributed by atoms with van der Waals surface area (Å²) in [7, 11) is 0. The van der Waals surface area contributed by atoms with Crippen LogP contribution in [0, 0.1) is 5.41 Å². The third kappa shape index (κ3) is 5.76. The van der Waals surface area contributed by atoms with Crippen molar-refractivity contribution in [3.05, 3.63) is 53.6 Å². The third-order valence-corrected chi connectivity index (χ3v) is 6.53. The zero-order valence-corrected chi connectivity index (χ0v) is 20.2. The number of carbonyl (C=O) groups is 4. The second kappa shape index (κ2) is 9.53. The van der Waals surface area contributed by atoms with Crippen molar-refractivity contribution in [1.29, 1.82) is 0 Å². The standard InChI is InChI=1S/C26H26F3N3O5/c1-25(2,12-22(34)35)11-21(33)30-17-10-20-23(36)31-19-7-6-15(9-18(19)24(37)32(20)13-17)14-4-3-5-16(8-14)26(27,28)29/h3-9,17,20H,10-13H2,1-2H3,(H,30,33)(H,31,36)(H,34,35)/t17-,20-/m0/s1. The van der Waals surface area contributed by atoms with Crippen LogP contribution in [0.5, 0.6) is 0 Å². The SMILES string of the molecule is CC(C)(CC(=O)O)CC(=O)N[C@H]1C[C@H]2C(=O)Nc3ccc(-c4cccc(C(F)(F)F)c4)cc3C(=O)N2C1. The Kier molecular flexibility index (Phi) is 6.74. The van der Waals surface area contributed by atoms with Gasteiger partial charge in [0.25, 0.3) is 5.91 Å². The number of anilines is 1. The molecule has 2 atom stereocenters. The lowest BCUT2D eigenvalue weighted by molar-refractivity contribution is -0.140. The van der Waals surface area contributed by atoms with Gasteiger partial charge in [-0.15, -0.1) is 0 Å². The molecular weight excluding hydrogens is 491 g/mol. The minimum atomic E-state index is -4.52.